The number of nitrogens with zero attached hydrogens (tertiary/aromatic N) is 4. The minimum absolute atomic E-state index is 0.280. The fourth-order valence-corrected chi connectivity index (χ4v) is 1.81. The lowest BCUT2D eigenvalue weighted by molar-refractivity contribution is 0.304. The van der Waals surface area contributed by atoms with Crippen molar-refractivity contribution in [3.8, 4) is 11.4 Å². The first kappa shape index (κ1) is 10.0. The molecule has 7 heteroatoms. The molecule has 0 saturated carbocycles. The van der Waals surface area contributed by atoms with Crippen LogP contribution in [0.15, 0.2) is 10.8 Å². The molecule has 7 nitrogen and oxygen atoms in total. The van der Waals surface area contributed by atoms with Crippen molar-refractivity contribution < 1.29 is 4.63 Å². The van der Waals surface area contributed by atoms with Gasteiger partial charge >= 0.3 is 0 Å². The van der Waals surface area contributed by atoms with Gasteiger partial charge in [-0.15, -0.1) is 0 Å². The van der Waals surface area contributed by atoms with Gasteiger partial charge < -0.3 is 10.7 Å². The molecular weight excluding hydrogens is 220 g/mol. The fourth-order valence-electron chi connectivity index (χ4n) is 1.81. The number of rotatable bonds is 2. The zero-order valence-corrected chi connectivity index (χ0v) is 9.56. The Morgan fingerprint density at radius 1 is 1.41 bits per heavy atom. The number of H-pyrrole nitrogens is 1. The van der Waals surface area contributed by atoms with Gasteiger partial charge in [-0.05, 0) is 19.0 Å². The Hall–Kier alpha value is -2.15. The maximum Gasteiger partial charge on any atom is 0.212 e. The van der Waals surface area contributed by atoms with E-state index in [-0.39, 0.29) is 6.54 Å². The van der Waals surface area contributed by atoms with Gasteiger partial charge in [-0.2, -0.15) is 0 Å². The lowest BCUT2D eigenvalue weighted by Crippen LogP contribution is -1.98. The molecule has 17 heavy (non-hydrogen) atoms. The summed E-state index contributed by atoms with van der Waals surface area (Å²) in [5.74, 6) is 0.779. The van der Waals surface area contributed by atoms with Crippen LogP contribution < -0.4 is 5.73 Å². The summed E-state index contributed by atoms with van der Waals surface area (Å²) in [6.45, 7) is 4.31. The summed E-state index contributed by atoms with van der Waals surface area (Å²) in [4.78, 5) is 7.62. The Morgan fingerprint density at radius 2 is 2.24 bits per heavy atom. The van der Waals surface area contributed by atoms with Crippen molar-refractivity contribution in [2.45, 2.75) is 20.4 Å². The Bertz CT molecular complexity index is 676. The normalized spacial score (nSPS) is 11.5. The Kier molecular flexibility index (Phi) is 2.02. The van der Waals surface area contributed by atoms with Crippen LogP contribution in [-0.4, -0.2) is 24.7 Å². The molecule has 0 bridgehead atoms. The van der Waals surface area contributed by atoms with E-state index < -0.39 is 0 Å². The van der Waals surface area contributed by atoms with E-state index in [2.05, 4.69) is 24.9 Å². The predicted molar refractivity (Wildman–Crippen MR) is 60.2 cm³/mol. The summed E-state index contributed by atoms with van der Waals surface area (Å²) < 4.78 is 6.65. The van der Waals surface area contributed by atoms with Crippen molar-refractivity contribution in [3.63, 3.8) is 0 Å². The highest BCUT2D eigenvalue weighted by Crippen LogP contribution is 2.21. The lowest BCUT2D eigenvalue weighted by atomic mass is 10.2. The maximum absolute atomic E-state index is 5.55. The van der Waals surface area contributed by atoms with E-state index in [0.29, 0.717) is 17.1 Å². The maximum atomic E-state index is 5.55. The zero-order chi connectivity index (χ0) is 12.0. The molecule has 88 valence electrons. The van der Waals surface area contributed by atoms with E-state index in [4.69, 9.17) is 5.73 Å². The number of hydrogen-bond acceptors (Lipinski definition) is 5. The Balaban J connectivity index is 2.19. The molecule has 0 aromatic carbocycles. The van der Waals surface area contributed by atoms with Gasteiger partial charge in [0, 0.05) is 24.1 Å². The van der Waals surface area contributed by atoms with E-state index in [1.807, 2.05) is 24.4 Å². The third kappa shape index (κ3) is 1.36. The molecule has 3 N–H and O–H groups in total. The van der Waals surface area contributed by atoms with Crippen LogP contribution in [0.2, 0.25) is 0 Å². The molecule has 0 saturated heterocycles. The second-order valence-electron chi connectivity index (χ2n) is 3.92. The van der Waals surface area contributed by atoms with Gasteiger partial charge in [-0.25, -0.2) is 9.61 Å². The van der Waals surface area contributed by atoms with Gasteiger partial charge in [0.25, 0.3) is 0 Å². The number of nitrogens with two attached hydrogens (primary N) is 1. The third-order valence-corrected chi connectivity index (χ3v) is 2.90. The average Bonchev–Trinajstić information content (AvgIpc) is 2.96. The van der Waals surface area contributed by atoms with Crippen molar-refractivity contribution in [1.29, 1.82) is 0 Å². The highest BCUT2D eigenvalue weighted by atomic mass is 16.6. The molecule has 0 fully saturated rings. The van der Waals surface area contributed by atoms with Crippen LogP contribution in [0.1, 0.15) is 17.1 Å². The molecule has 0 aliphatic rings. The van der Waals surface area contributed by atoms with Crippen LogP contribution in [0.3, 0.4) is 0 Å². The van der Waals surface area contributed by atoms with Crippen molar-refractivity contribution in [2.24, 2.45) is 5.73 Å². The van der Waals surface area contributed by atoms with E-state index in [1.54, 1.807) is 0 Å². The lowest BCUT2D eigenvalue weighted by Gasteiger charge is -1.91. The molecule has 3 heterocycles. The van der Waals surface area contributed by atoms with Crippen molar-refractivity contribution in [3.05, 3.63) is 23.3 Å². The molecule has 0 radical (unpaired) electrons. The van der Waals surface area contributed by atoms with Gasteiger partial charge in [0.15, 0.2) is 5.69 Å². The molecule has 0 unspecified atom stereocenters. The number of fused-ring (bicyclic) bond motifs is 1. The van der Waals surface area contributed by atoms with Crippen LogP contribution >= 0.6 is 0 Å². The van der Waals surface area contributed by atoms with Crippen LogP contribution in [0.25, 0.3) is 17.2 Å². The van der Waals surface area contributed by atoms with Crippen molar-refractivity contribution >= 4 is 5.78 Å². The number of aromatic nitrogens is 5. The van der Waals surface area contributed by atoms with E-state index >= 15 is 0 Å². The van der Waals surface area contributed by atoms with Crippen LogP contribution in [0, 0.1) is 13.8 Å². The monoisotopic (exact) mass is 232 g/mol. The molecule has 3 aromatic heterocycles. The highest BCUT2D eigenvalue weighted by Gasteiger charge is 2.16. The molecule has 0 atom stereocenters. The summed E-state index contributed by atoms with van der Waals surface area (Å²) in [5.41, 5.74) is 9.68. The van der Waals surface area contributed by atoms with Crippen molar-refractivity contribution in [1.82, 2.24) is 24.7 Å². The van der Waals surface area contributed by atoms with Crippen LogP contribution in [0.5, 0.6) is 0 Å². The number of aryl methyl sites for hydroxylation is 2. The second-order valence-corrected chi connectivity index (χ2v) is 3.92. The third-order valence-electron chi connectivity index (χ3n) is 2.90. The molecular formula is C10H12N6O. The topological polar surface area (TPSA) is 98.0 Å². The molecule has 0 spiro atoms. The highest BCUT2D eigenvalue weighted by molar-refractivity contribution is 5.59. The molecule has 3 aromatic rings. The summed E-state index contributed by atoms with van der Waals surface area (Å²) in [7, 11) is 0. The minimum Gasteiger partial charge on any atom is -0.328 e. The summed E-state index contributed by atoms with van der Waals surface area (Å²) in [6.07, 6.45) is 1.90. The largest absolute Gasteiger partial charge is 0.328 e. The quantitative estimate of drug-likeness (QED) is 0.680. The molecule has 0 aliphatic carbocycles. The SMILES string of the molecule is Cc1[nH]c2nc(-c3nonc3CN)cn2c1C. The molecule has 3 rings (SSSR count). The smallest absolute Gasteiger partial charge is 0.212 e. The van der Waals surface area contributed by atoms with Gasteiger partial charge in [-0.1, -0.05) is 5.16 Å². The van der Waals surface area contributed by atoms with Gasteiger partial charge in [0.2, 0.25) is 5.78 Å². The zero-order valence-electron chi connectivity index (χ0n) is 9.56. The van der Waals surface area contributed by atoms with Crippen LogP contribution in [0.4, 0.5) is 0 Å². The van der Waals surface area contributed by atoms with E-state index in [1.165, 1.54) is 0 Å². The number of aromatic amines is 1. The summed E-state index contributed by atoms with van der Waals surface area (Å²) in [5, 5.41) is 7.56. The molecule has 0 amide bonds. The fraction of sp³-hybridized carbons (Fsp3) is 0.300. The van der Waals surface area contributed by atoms with E-state index in [9.17, 15) is 0 Å². The first-order valence-corrected chi connectivity index (χ1v) is 5.27. The summed E-state index contributed by atoms with van der Waals surface area (Å²) >= 11 is 0. The number of imidazole rings is 2. The number of nitrogens with one attached hydrogen (secondary N) is 1. The van der Waals surface area contributed by atoms with E-state index in [0.717, 1.165) is 17.2 Å². The predicted octanol–water partition coefficient (Wildman–Crippen LogP) is 0.788. The first-order chi connectivity index (χ1) is 8.20. The number of hydrogen-bond donors (Lipinski definition) is 2. The Labute approximate surface area is 96.6 Å². The van der Waals surface area contributed by atoms with Gasteiger partial charge in [0.1, 0.15) is 11.4 Å². The van der Waals surface area contributed by atoms with Gasteiger partial charge in [0.05, 0.1) is 0 Å². The Morgan fingerprint density at radius 3 is 2.94 bits per heavy atom. The van der Waals surface area contributed by atoms with Gasteiger partial charge in [-0.3, -0.25) is 4.40 Å². The van der Waals surface area contributed by atoms with Crippen molar-refractivity contribution in [2.75, 3.05) is 0 Å². The minimum atomic E-state index is 0.280. The summed E-state index contributed by atoms with van der Waals surface area (Å²) in [6, 6.07) is 0. The molecule has 0 aliphatic heterocycles. The van der Waals surface area contributed by atoms with Crippen LogP contribution in [-0.2, 0) is 6.54 Å². The standard InChI is InChI=1S/C10H12N6O/c1-5-6(2)16-4-8(13-10(16)12-5)9-7(3-11)14-17-15-9/h4H,3,11H2,1-2H3,(H,12,13). The average molecular weight is 232 g/mol. The first-order valence-electron chi connectivity index (χ1n) is 5.27. The second kappa shape index (κ2) is 3.42.